The Kier molecular flexibility index (Phi) is 5.41. The molecule has 0 saturated heterocycles. The first kappa shape index (κ1) is 14.5. The first-order chi connectivity index (χ1) is 7.90. The van der Waals surface area contributed by atoms with Gasteiger partial charge in [-0.3, -0.25) is 0 Å². The van der Waals surface area contributed by atoms with Crippen molar-refractivity contribution >= 4 is 22.0 Å². The Bertz CT molecular complexity index is 388. The summed E-state index contributed by atoms with van der Waals surface area (Å²) in [6.45, 7) is 9.73. The Morgan fingerprint density at radius 2 is 2.06 bits per heavy atom. The van der Waals surface area contributed by atoms with Crippen LogP contribution in [-0.2, 0) is 0 Å². The molecule has 1 aromatic rings. The summed E-state index contributed by atoms with van der Waals surface area (Å²) in [6, 6.07) is 8.40. The van der Waals surface area contributed by atoms with Crippen LogP contribution in [0.1, 0.15) is 39.7 Å². The zero-order valence-electron chi connectivity index (χ0n) is 11.2. The summed E-state index contributed by atoms with van der Waals surface area (Å²) in [5.41, 5.74) is 2.86. The van der Waals surface area contributed by atoms with Crippen molar-refractivity contribution in [3.8, 4) is 0 Å². The molecule has 1 rings (SSSR count). The Morgan fingerprint density at radius 1 is 1.35 bits per heavy atom. The lowest BCUT2D eigenvalue weighted by Gasteiger charge is -2.21. The molecule has 1 aromatic carbocycles. The molecule has 0 spiro atoms. The van der Waals surface area contributed by atoms with E-state index in [0.717, 1.165) is 17.4 Å². The number of benzene rings is 1. The molecule has 0 heterocycles. The third kappa shape index (κ3) is 6.04. The van der Waals surface area contributed by atoms with Crippen LogP contribution in [0.15, 0.2) is 34.3 Å². The van der Waals surface area contributed by atoms with Crippen LogP contribution in [0.25, 0.3) is 6.08 Å². The third-order valence-electron chi connectivity index (χ3n) is 2.52. The van der Waals surface area contributed by atoms with Gasteiger partial charge in [0.05, 0.1) is 0 Å². The van der Waals surface area contributed by atoms with Crippen molar-refractivity contribution in [2.45, 2.75) is 39.7 Å². The van der Waals surface area contributed by atoms with Crippen molar-refractivity contribution in [2.24, 2.45) is 0 Å². The number of hydrogen-bond donors (Lipinski definition) is 1. The van der Waals surface area contributed by atoms with E-state index in [0.29, 0.717) is 0 Å². The van der Waals surface area contributed by atoms with Crippen molar-refractivity contribution in [2.75, 3.05) is 6.54 Å². The van der Waals surface area contributed by atoms with Gasteiger partial charge in [-0.25, -0.2) is 0 Å². The maximum absolute atomic E-state index is 3.53. The minimum Gasteiger partial charge on any atom is -0.308 e. The minimum absolute atomic E-state index is 0.172. The monoisotopic (exact) mass is 295 g/mol. The van der Waals surface area contributed by atoms with Crippen LogP contribution in [0.5, 0.6) is 0 Å². The first-order valence-corrected chi connectivity index (χ1v) is 6.90. The predicted octanol–water partition coefficient (Wildman–Crippen LogP) is 4.63. The van der Waals surface area contributed by atoms with Gasteiger partial charge in [0.2, 0.25) is 0 Å². The van der Waals surface area contributed by atoms with Gasteiger partial charge >= 0.3 is 0 Å². The molecule has 1 N–H and O–H groups in total. The van der Waals surface area contributed by atoms with E-state index in [1.54, 1.807) is 0 Å². The lowest BCUT2D eigenvalue weighted by molar-refractivity contribution is 0.443. The molecule has 0 fully saturated rings. The predicted molar refractivity (Wildman–Crippen MR) is 80.2 cm³/mol. The van der Waals surface area contributed by atoms with Crippen LogP contribution < -0.4 is 5.32 Å². The Balaban J connectivity index is 2.73. The lowest BCUT2D eigenvalue weighted by atomic mass is 10.1. The second-order valence-corrected chi connectivity index (χ2v) is 6.23. The van der Waals surface area contributed by atoms with E-state index in [1.807, 2.05) is 0 Å². The van der Waals surface area contributed by atoms with Crippen LogP contribution in [0.2, 0.25) is 0 Å². The molecule has 1 nitrogen and oxygen atoms in total. The van der Waals surface area contributed by atoms with E-state index in [2.05, 4.69) is 79.3 Å². The van der Waals surface area contributed by atoms with E-state index in [9.17, 15) is 0 Å². The standard InChI is InChI=1S/C15H22BrN/c1-5-12(11-17-15(2,3)4)9-13-7-6-8-14(16)10-13/h6-10,17H,5,11H2,1-4H3. The summed E-state index contributed by atoms with van der Waals surface area (Å²) in [7, 11) is 0. The van der Waals surface area contributed by atoms with Crippen molar-refractivity contribution < 1.29 is 0 Å². The van der Waals surface area contributed by atoms with Gasteiger partial charge in [-0.15, -0.1) is 0 Å². The molecule has 94 valence electrons. The molecule has 0 saturated carbocycles. The molecule has 0 atom stereocenters. The summed E-state index contributed by atoms with van der Waals surface area (Å²) < 4.78 is 1.13. The lowest BCUT2D eigenvalue weighted by Crippen LogP contribution is -2.36. The molecule has 0 aliphatic heterocycles. The quantitative estimate of drug-likeness (QED) is 0.854. The van der Waals surface area contributed by atoms with Gasteiger partial charge in [-0.1, -0.05) is 46.6 Å². The second kappa shape index (κ2) is 6.36. The van der Waals surface area contributed by atoms with Crippen LogP contribution in [0, 0.1) is 0 Å². The highest BCUT2D eigenvalue weighted by atomic mass is 79.9. The van der Waals surface area contributed by atoms with E-state index in [4.69, 9.17) is 0 Å². The smallest absolute Gasteiger partial charge is 0.0181 e. The van der Waals surface area contributed by atoms with E-state index >= 15 is 0 Å². The van der Waals surface area contributed by atoms with Crippen molar-refractivity contribution in [3.05, 3.63) is 39.9 Å². The molecule has 0 bridgehead atoms. The molecular weight excluding hydrogens is 274 g/mol. The summed E-state index contributed by atoms with van der Waals surface area (Å²) in [6.07, 6.45) is 3.35. The number of nitrogens with one attached hydrogen (secondary N) is 1. The summed E-state index contributed by atoms with van der Waals surface area (Å²) in [5.74, 6) is 0. The number of halogens is 1. The van der Waals surface area contributed by atoms with E-state index in [-0.39, 0.29) is 5.54 Å². The summed E-state index contributed by atoms with van der Waals surface area (Å²) in [5, 5.41) is 3.53. The van der Waals surface area contributed by atoms with Gasteiger partial charge in [0, 0.05) is 16.6 Å². The topological polar surface area (TPSA) is 12.0 Å². The number of hydrogen-bond acceptors (Lipinski definition) is 1. The molecule has 0 aromatic heterocycles. The minimum atomic E-state index is 0.172. The highest BCUT2D eigenvalue weighted by Crippen LogP contribution is 2.15. The normalized spacial score (nSPS) is 12.9. The van der Waals surface area contributed by atoms with Gasteiger partial charge in [0.1, 0.15) is 0 Å². The van der Waals surface area contributed by atoms with Gasteiger partial charge in [-0.05, 0) is 44.9 Å². The SMILES string of the molecule is CCC(=Cc1cccc(Br)c1)CNC(C)(C)C. The largest absolute Gasteiger partial charge is 0.308 e. The van der Waals surface area contributed by atoms with Crippen molar-refractivity contribution in [1.82, 2.24) is 5.32 Å². The fraction of sp³-hybridized carbons (Fsp3) is 0.467. The highest BCUT2D eigenvalue weighted by molar-refractivity contribution is 9.10. The Labute approximate surface area is 113 Å². The zero-order valence-corrected chi connectivity index (χ0v) is 12.8. The molecule has 0 aliphatic carbocycles. The fourth-order valence-corrected chi connectivity index (χ4v) is 1.91. The Hall–Kier alpha value is -0.600. The summed E-state index contributed by atoms with van der Waals surface area (Å²) in [4.78, 5) is 0. The van der Waals surface area contributed by atoms with Crippen molar-refractivity contribution in [3.63, 3.8) is 0 Å². The maximum Gasteiger partial charge on any atom is 0.0181 e. The van der Waals surface area contributed by atoms with Gasteiger partial charge in [0.25, 0.3) is 0 Å². The van der Waals surface area contributed by atoms with Gasteiger partial charge in [0.15, 0.2) is 0 Å². The molecule has 17 heavy (non-hydrogen) atoms. The van der Waals surface area contributed by atoms with Crippen LogP contribution in [-0.4, -0.2) is 12.1 Å². The molecule has 0 unspecified atom stereocenters. The van der Waals surface area contributed by atoms with Crippen molar-refractivity contribution in [1.29, 1.82) is 0 Å². The highest BCUT2D eigenvalue weighted by Gasteiger charge is 2.08. The average Bonchev–Trinajstić information content (AvgIpc) is 2.23. The van der Waals surface area contributed by atoms with E-state index < -0.39 is 0 Å². The number of rotatable bonds is 4. The zero-order chi connectivity index (χ0) is 12.9. The van der Waals surface area contributed by atoms with Crippen LogP contribution in [0.4, 0.5) is 0 Å². The van der Waals surface area contributed by atoms with Crippen LogP contribution >= 0.6 is 15.9 Å². The average molecular weight is 296 g/mol. The molecular formula is C15H22BrN. The van der Waals surface area contributed by atoms with Gasteiger partial charge in [-0.2, -0.15) is 0 Å². The molecule has 0 radical (unpaired) electrons. The second-order valence-electron chi connectivity index (χ2n) is 5.31. The van der Waals surface area contributed by atoms with Crippen LogP contribution in [0.3, 0.4) is 0 Å². The maximum atomic E-state index is 3.53. The molecule has 2 heteroatoms. The first-order valence-electron chi connectivity index (χ1n) is 6.11. The fourth-order valence-electron chi connectivity index (χ4n) is 1.49. The molecule has 0 amide bonds. The van der Waals surface area contributed by atoms with E-state index in [1.165, 1.54) is 11.1 Å². The molecule has 0 aliphatic rings. The summed E-state index contributed by atoms with van der Waals surface area (Å²) >= 11 is 3.50. The Morgan fingerprint density at radius 3 is 2.59 bits per heavy atom. The van der Waals surface area contributed by atoms with Gasteiger partial charge < -0.3 is 5.32 Å². The third-order valence-corrected chi connectivity index (χ3v) is 3.01.